The van der Waals surface area contributed by atoms with Gasteiger partial charge in [0, 0.05) is 26.2 Å². The molecule has 0 spiro atoms. The van der Waals surface area contributed by atoms with E-state index < -0.39 is 0 Å². The van der Waals surface area contributed by atoms with E-state index >= 15 is 0 Å². The second kappa shape index (κ2) is 8.37. The normalized spacial score (nSPS) is 21.9. The van der Waals surface area contributed by atoms with Crippen LogP contribution in [0.25, 0.3) is 0 Å². The van der Waals surface area contributed by atoms with E-state index in [-0.39, 0.29) is 17.9 Å². The third-order valence-electron chi connectivity index (χ3n) is 5.50. The third kappa shape index (κ3) is 4.53. The minimum atomic E-state index is -0.320. The van der Waals surface area contributed by atoms with Crippen molar-refractivity contribution in [3.8, 4) is 0 Å². The van der Waals surface area contributed by atoms with Gasteiger partial charge >= 0.3 is 6.09 Å². The summed E-state index contributed by atoms with van der Waals surface area (Å²) >= 11 is 0. The van der Waals surface area contributed by atoms with Crippen molar-refractivity contribution in [3.63, 3.8) is 0 Å². The highest BCUT2D eigenvalue weighted by Crippen LogP contribution is 2.25. The molecule has 2 heterocycles. The first kappa shape index (κ1) is 17.8. The van der Waals surface area contributed by atoms with Gasteiger partial charge in [-0.05, 0) is 43.6 Å². The summed E-state index contributed by atoms with van der Waals surface area (Å²) in [4.78, 5) is 28.2. The van der Waals surface area contributed by atoms with Crippen LogP contribution < -0.4 is 0 Å². The number of ether oxygens (including phenoxy) is 1. The van der Waals surface area contributed by atoms with Crippen LogP contribution in [0.2, 0.25) is 0 Å². The highest BCUT2D eigenvalue weighted by atomic mass is 16.5. The van der Waals surface area contributed by atoms with Gasteiger partial charge in [0.25, 0.3) is 0 Å². The van der Waals surface area contributed by atoms with Crippen LogP contribution in [0.1, 0.15) is 31.2 Å². The van der Waals surface area contributed by atoms with E-state index in [0.717, 1.165) is 45.2 Å². The van der Waals surface area contributed by atoms with E-state index in [2.05, 4.69) is 24.3 Å². The number of carbonyl (C=O) groups excluding carboxylic acids is 2. The van der Waals surface area contributed by atoms with E-state index in [4.69, 9.17) is 4.74 Å². The van der Waals surface area contributed by atoms with Crippen molar-refractivity contribution in [2.75, 3.05) is 33.3 Å². The van der Waals surface area contributed by atoms with Gasteiger partial charge < -0.3 is 14.5 Å². The van der Waals surface area contributed by atoms with Crippen molar-refractivity contribution in [1.29, 1.82) is 0 Å². The Balaban J connectivity index is 1.49. The van der Waals surface area contributed by atoms with E-state index in [1.807, 2.05) is 11.0 Å². The van der Waals surface area contributed by atoms with Crippen LogP contribution in [0.5, 0.6) is 0 Å². The largest absolute Gasteiger partial charge is 0.453 e. The molecule has 2 aliphatic rings. The van der Waals surface area contributed by atoms with Crippen LogP contribution in [0.4, 0.5) is 4.79 Å². The standard InChI is InChI=1S/C20H28N2O3/c1-25-20(24)22-11-5-8-18(15-22)19(23)21-12-9-17(10-13-21)14-16-6-3-2-4-7-16/h2-4,6-7,17-18H,5,8-15H2,1H3. The lowest BCUT2D eigenvalue weighted by atomic mass is 9.89. The number of rotatable bonds is 3. The minimum Gasteiger partial charge on any atom is -0.453 e. The molecule has 1 atom stereocenters. The molecule has 2 fully saturated rings. The minimum absolute atomic E-state index is 0.0708. The average molecular weight is 344 g/mol. The molecule has 0 radical (unpaired) electrons. The monoisotopic (exact) mass is 344 g/mol. The van der Waals surface area contributed by atoms with Crippen LogP contribution in [-0.2, 0) is 16.0 Å². The van der Waals surface area contributed by atoms with Gasteiger partial charge in [-0.1, -0.05) is 30.3 Å². The Labute approximate surface area is 149 Å². The molecule has 0 N–H and O–H groups in total. The number of amides is 2. The average Bonchev–Trinajstić information content (AvgIpc) is 2.68. The lowest BCUT2D eigenvalue weighted by molar-refractivity contribution is -0.138. The summed E-state index contributed by atoms with van der Waals surface area (Å²) in [6.07, 6.45) is 4.65. The van der Waals surface area contributed by atoms with Crippen molar-refractivity contribution in [3.05, 3.63) is 35.9 Å². The number of hydrogen-bond acceptors (Lipinski definition) is 3. The highest BCUT2D eigenvalue weighted by molar-refractivity contribution is 5.80. The van der Waals surface area contributed by atoms with E-state index in [1.165, 1.54) is 12.7 Å². The molecule has 2 saturated heterocycles. The van der Waals surface area contributed by atoms with Crippen LogP contribution in [0.15, 0.2) is 30.3 Å². The summed E-state index contributed by atoms with van der Waals surface area (Å²) in [5.74, 6) is 0.801. The molecule has 5 nitrogen and oxygen atoms in total. The van der Waals surface area contributed by atoms with Crippen molar-refractivity contribution < 1.29 is 14.3 Å². The molecule has 25 heavy (non-hydrogen) atoms. The number of benzene rings is 1. The Kier molecular flexibility index (Phi) is 5.95. The summed E-state index contributed by atoms with van der Waals surface area (Å²) in [6.45, 7) is 2.86. The number of methoxy groups -OCH3 is 1. The fourth-order valence-corrected chi connectivity index (χ4v) is 4.04. The number of hydrogen-bond donors (Lipinski definition) is 0. The fourth-order valence-electron chi connectivity index (χ4n) is 4.04. The van der Waals surface area contributed by atoms with Crippen molar-refractivity contribution >= 4 is 12.0 Å². The molecule has 1 aromatic carbocycles. The SMILES string of the molecule is COC(=O)N1CCCC(C(=O)N2CCC(Cc3ccccc3)CC2)C1. The fraction of sp³-hybridized carbons (Fsp3) is 0.600. The van der Waals surface area contributed by atoms with Gasteiger partial charge in [0.05, 0.1) is 13.0 Å². The van der Waals surface area contributed by atoms with Crippen LogP contribution in [0.3, 0.4) is 0 Å². The Morgan fingerprint density at radius 1 is 1.04 bits per heavy atom. The topological polar surface area (TPSA) is 49.9 Å². The van der Waals surface area contributed by atoms with Crippen LogP contribution >= 0.6 is 0 Å². The summed E-state index contributed by atoms with van der Waals surface area (Å²) in [6, 6.07) is 10.6. The van der Waals surface area contributed by atoms with Crippen molar-refractivity contribution in [1.82, 2.24) is 9.80 Å². The first-order valence-electron chi connectivity index (χ1n) is 9.33. The zero-order chi connectivity index (χ0) is 17.6. The molecular formula is C20H28N2O3. The Bertz CT molecular complexity index is 582. The molecular weight excluding hydrogens is 316 g/mol. The third-order valence-corrected chi connectivity index (χ3v) is 5.50. The number of likely N-dealkylation sites (tertiary alicyclic amines) is 2. The Morgan fingerprint density at radius 2 is 1.76 bits per heavy atom. The van der Waals surface area contributed by atoms with Gasteiger partial charge in [0.1, 0.15) is 0 Å². The second-order valence-corrected chi connectivity index (χ2v) is 7.21. The zero-order valence-corrected chi connectivity index (χ0v) is 15.0. The maximum atomic E-state index is 12.8. The van der Waals surface area contributed by atoms with E-state index in [1.54, 1.807) is 4.90 Å². The first-order valence-corrected chi connectivity index (χ1v) is 9.33. The number of piperidine rings is 2. The van der Waals surface area contributed by atoms with Crippen LogP contribution in [0, 0.1) is 11.8 Å². The Hall–Kier alpha value is -2.04. The molecule has 0 aliphatic carbocycles. The smallest absolute Gasteiger partial charge is 0.409 e. The van der Waals surface area contributed by atoms with Gasteiger partial charge in [0.2, 0.25) is 5.91 Å². The van der Waals surface area contributed by atoms with Gasteiger partial charge in [-0.2, -0.15) is 0 Å². The summed E-state index contributed by atoms with van der Waals surface area (Å²) in [5.41, 5.74) is 1.38. The molecule has 1 aromatic rings. The molecule has 5 heteroatoms. The predicted octanol–water partition coefficient (Wildman–Crippen LogP) is 2.95. The maximum absolute atomic E-state index is 12.8. The van der Waals surface area contributed by atoms with Crippen LogP contribution in [-0.4, -0.2) is 55.1 Å². The van der Waals surface area contributed by atoms with Gasteiger partial charge in [-0.25, -0.2) is 4.79 Å². The quantitative estimate of drug-likeness (QED) is 0.847. The first-order chi connectivity index (χ1) is 12.2. The molecule has 1 unspecified atom stereocenters. The summed E-state index contributed by atoms with van der Waals surface area (Å²) in [7, 11) is 1.39. The van der Waals surface area contributed by atoms with Gasteiger partial charge in [0.15, 0.2) is 0 Å². The second-order valence-electron chi connectivity index (χ2n) is 7.21. The predicted molar refractivity (Wildman–Crippen MR) is 96.2 cm³/mol. The number of nitrogens with zero attached hydrogens (tertiary/aromatic N) is 2. The number of carbonyl (C=O) groups is 2. The van der Waals surface area contributed by atoms with Crippen molar-refractivity contribution in [2.45, 2.75) is 32.1 Å². The molecule has 136 valence electrons. The van der Waals surface area contributed by atoms with Gasteiger partial charge in [-0.3, -0.25) is 4.79 Å². The van der Waals surface area contributed by atoms with Crippen molar-refractivity contribution in [2.24, 2.45) is 11.8 Å². The zero-order valence-electron chi connectivity index (χ0n) is 15.0. The highest BCUT2D eigenvalue weighted by Gasteiger charge is 2.33. The lowest BCUT2D eigenvalue weighted by Gasteiger charge is -2.37. The molecule has 0 saturated carbocycles. The van der Waals surface area contributed by atoms with E-state index in [0.29, 0.717) is 19.0 Å². The summed E-state index contributed by atoms with van der Waals surface area (Å²) in [5, 5.41) is 0. The molecule has 2 amide bonds. The van der Waals surface area contributed by atoms with E-state index in [9.17, 15) is 9.59 Å². The molecule has 0 bridgehead atoms. The Morgan fingerprint density at radius 3 is 2.44 bits per heavy atom. The maximum Gasteiger partial charge on any atom is 0.409 e. The molecule has 2 aliphatic heterocycles. The van der Waals surface area contributed by atoms with Gasteiger partial charge in [-0.15, -0.1) is 0 Å². The lowest BCUT2D eigenvalue weighted by Crippen LogP contribution is -2.48. The summed E-state index contributed by atoms with van der Waals surface area (Å²) < 4.78 is 4.80. The molecule has 0 aromatic heterocycles. The molecule has 3 rings (SSSR count).